The van der Waals surface area contributed by atoms with Crippen molar-refractivity contribution in [2.45, 2.75) is 51.7 Å². The minimum atomic E-state index is -0.761. The van der Waals surface area contributed by atoms with Crippen molar-refractivity contribution >= 4 is 23.6 Å². The van der Waals surface area contributed by atoms with E-state index in [-0.39, 0.29) is 18.3 Å². The van der Waals surface area contributed by atoms with E-state index in [4.69, 9.17) is 15.5 Å². The molecule has 1 aliphatic heterocycles. The molecule has 0 aliphatic carbocycles. The van der Waals surface area contributed by atoms with Crippen molar-refractivity contribution in [2.75, 3.05) is 12.8 Å². The van der Waals surface area contributed by atoms with Crippen LogP contribution in [-0.2, 0) is 15.1 Å². The SMILES string of the molecule is CC[C@@]1(c2cccc(N)c2)CC(=O)N(C)C(NC(=O)OC(C)(C)C)=N1. The Morgan fingerprint density at radius 3 is 2.68 bits per heavy atom. The number of nitrogens with two attached hydrogens (primary N) is 1. The summed E-state index contributed by atoms with van der Waals surface area (Å²) in [5, 5.41) is 2.59. The van der Waals surface area contributed by atoms with E-state index in [1.165, 1.54) is 4.90 Å². The van der Waals surface area contributed by atoms with Crippen LogP contribution in [0.25, 0.3) is 0 Å². The van der Waals surface area contributed by atoms with Crippen molar-refractivity contribution < 1.29 is 14.3 Å². The molecule has 25 heavy (non-hydrogen) atoms. The van der Waals surface area contributed by atoms with E-state index in [0.29, 0.717) is 12.1 Å². The third-order valence-corrected chi connectivity index (χ3v) is 4.08. The average Bonchev–Trinajstić information content (AvgIpc) is 2.49. The van der Waals surface area contributed by atoms with Gasteiger partial charge in [0.05, 0.1) is 12.0 Å². The Balaban J connectivity index is 2.40. The monoisotopic (exact) mass is 346 g/mol. The van der Waals surface area contributed by atoms with Crippen LogP contribution in [0.2, 0.25) is 0 Å². The van der Waals surface area contributed by atoms with Gasteiger partial charge in [0.2, 0.25) is 11.9 Å². The van der Waals surface area contributed by atoms with Gasteiger partial charge >= 0.3 is 6.09 Å². The van der Waals surface area contributed by atoms with Crippen LogP contribution < -0.4 is 11.1 Å². The van der Waals surface area contributed by atoms with E-state index in [2.05, 4.69) is 5.32 Å². The first-order chi connectivity index (χ1) is 11.6. The average molecular weight is 346 g/mol. The zero-order valence-corrected chi connectivity index (χ0v) is 15.4. The number of benzene rings is 1. The Hall–Kier alpha value is -2.57. The Labute approximate surface area is 148 Å². The number of nitrogen functional groups attached to an aromatic ring is 1. The van der Waals surface area contributed by atoms with Crippen LogP contribution in [0.4, 0.5) is 10.5 Å². The number of alkyl carbamates (subject to hydrolysis) is 1. The number of carbonyl (C=O) groups is 2. The number of amides is 2. The highest BCUT2D eigenvalue weighted by atomic mass is 16.6. The van der Waals surface area contributed by atoms with Gasteiger partial charge in [0.1, 0.15) is 5.60 Å². The van der Waals surface area contributed by atoms with Gasteiger partial charge in [-0.25, -0.2) is 9.79 Å². The zero-order valence-electron chi connectivity index (χ0n) is 15.4. The van der Waals surface area contributed by atoms with E-state index < -0.39 is 17.2 Å². The van der Waals surface area contributed by atoms with Crippen molar-refractivity contribution in [1.29, 1.82) is 0 Å². The minimum absolute atomic E-state index is 0.134. The maximum atomic E-state index is 12.5. The zero-order chi connectivity index (χ0) is 18.8. The summed E-state index contributed by atoms with van der Waals surface area (Å²) >= 11 is 0. The number of carbonyl (C=O) groups excluding carboxylic acids is 2. The van der Waals surface area contributed by atoms with Crippen LogP contribution in [0.5, 0.6) is 0 Å². The van der Waals surface area contributed by atoms with Crippen LogP contribution in [0.1, 0.15) is 46.1 Å². The summed E-state index contributed by atoms with van der Waals surface area (Å²) in [6.45, 7) is 7.27. The number of anilines is 1. The number of nitrogens with one attached hydrogen (secondary N) is 1. The lowest BCUT2D eigenvalue weighted by molar-refractivity contribution is -0.128. The summed E-state index contributed by atoms with van der Waals surface area (Å²) in [5.74, 6) is 0.0418. The number of ether oxygens (including phenoxy) is 1. The number of hydrogen-bond donors (Lipinski definition) is 2. The smallest absolute Gasteiger partial charge is 0.414 e. The fourth-order valence-corrected chi connectivity index (χ4v) is 2.71. The summed E-state index contributed by atoms with van der Waals surface area (Å²) in [6.07, 6.45) is 0.156. The Morgan fingerprint density at radius 2 is 2.12 bits per heavy atom. The molecule has 0 saturated carbocycles. The topological polar surface area (TPSA) is 97.0 Å². The fourth-order valence-electron chi connectivity index (χ4n) is 2.71. The predicted molar refractivity (Wildman–Crippen MR) is 97.0 cm³/mol. The number of rotatable bonds is 2. The first-order valence-electron chi connectivity index (χ1n) is 8.29. The molecule has 0 radical (unpaired) electrons. The lowest BCUT2D eigenvalue weighted by Crippen LogP contribution is -2.52. The van der Waals surface area contributed by atoms with E-state index >= 15 is 0 Å². The van der Waals surface area contributed by atoms with Gasteiger partial charge in [-0.05, 0) is 44.9 Å². The van der Waals surface area contributed by atoms with Crippen LogP contribution in [0, 0.1) is 0 Å². The number of guanidine groups is 1. The first kappa shape index (κ1) is 18.8. The summed E-state index contributed by atoms with van der Waals surface area (Å²) in [4.78, 5) is 30.7. The first-order valence-corrected chi connectivity index (χ1v) is 8.29. The molecule has 2 rings (SSSR count). The van der Waals surface area contributed by atoms with E-state index in [1.807, 2.05) is 25.1 Å². The molecular weight excluding hydrogens is 320 g/mol. The molecule has 2 amide bonds. The Morgan fingerprint density at radius 1 is 1.44 bits per heavy atom. The number of hydrogen-bond acceptors (Lipinski definition) is 5. The van der Waals surface area contributed by atoms with Gasteiger partial charge in [-0.15, -0.1) is 0 Å². The predicted octanol–water partition coefficient (Wildman–Crippen LogP) is 2.62. The lowest BCUT2D eigenvalue weighted by Gasteiger charge is -2.37. The second-order valence-electron chi connectivity index (χ2n) is 7.20. The molecule has 0 aromatic heterocycles. The van der Waals surface area contributed by atoms with Crippen molar-refractivity contribution in [1.82, 2.24) is 10.2 Å². The lowest BCUT2D eigenvalue weighted by atomic mass is 9.83. The molecule has 0 bridgehead atoms. The van der Waals surface area contributed by atoms with E-state index in [0.717, 1.165) is 5.56 Å². The van der Waals surface area contributed by atoms with Crippen LogP contribution in [0.3, 0.4) is 0 Å². The Kier molecular flexibility index (Phi) is 5.06. The third kappa shape index (κ3) is 4.29. The molecule has 1 aliphatic rings. The van der Waals surface area contributed by atoms with Gasteiger partial charge in [0.15, 0.2) is 0 Å². The normalized spacial score (nSPS) is 20.9. The molecule has 1 heterocycles. The van der Waals surface area contributed by atoms with Crippen LogP contribution in [-0.4, -0.2) is 35.5 Å². The highest BCUT2D eigenvalue weighted by Gasteiger charge is 2.40. The summed E-state index contributed by atoms with van der Waals surface area (Å²) in [6, 6.07) is 7.33. The van der Waals surface area contributed by atoms with Crippen molar-refractivity contribution in [3.8, 4) is 0 Å². The number of nitrogens with zero attached hydrogens (tertiary/aromatic N) is 2. The van der Waals surface area contributed by atoms with E-state index in [9.17, 15) is 9.59 Å². The second kappa shape index (κ2) is 6.74. The molecule has 1 aromatic rings. The highest BCUT2D eigenvalue weighted by molar-refractivity contribution is 6.05. The molecule has 1 aromatic carbocycles. The quantitative estimate of drug-likeness (QED) is 0.804. The molecule has 0 spiro atoms. The summed E-state index contributed by atoms with van der Waals surface area (Å²) in [7, 11) is 1.58. The molecule has 1 atom stereocenters. The molecule has 3 N–H and O–H groups in total. The second-order valence-corrected chi connectivity index (χ2v) is 7.20. The molecule has 0 unspecified atom stereocenters. The van der Waals surface area contributed by atoms with Gasteiger partial charge in [0, 0.05) is 12.7 Å². The van der Waals surface area contributed by atoms with Gasteiger partial charge in [-0.1, -0.05) is 19.1 Å². The molecule has 7 heteroatoms. The number of aliphatic imine (C=N–C) groups is 1. The van der Waals surface area contributed by atoms with Gasteiger partial charge in [-0.3, -0.25) is 15.0 Å². The van der Waals surface area contributed by atoms with Crippen molar-refractivity contribution in [2.24, 2.45) is 4.99 Å². The molecule has 0 fully saturated rings. The fraction of sp³-hybridized carbons (Fsp3) is 0.500. The standard InChI is InChI=1S/C18H26N4O3/c1-6-18(12-8-7-9-13(19)10-12)11-14(23)22(5)15(21-18)20-16(24)25-17(2,3)4/h7-10H,6,11,19H2,1-5H3,(H,20,21,24)/t18-/m0/s1. The summed E-state index contributed by atoms with van der Waals surface area (Å²) in [5.41, 5.74) is 5.94. The van der Waals surface area contributed by atoms with Crippen molar-refractivity contribution in [3.63, 3.8) is 0 Å². The summed E-state index contributed by atoms with van der Waals surface area (Å²) < 4.78 is 5.26. The highest BCUT2D eigenvalue weighted by Crippen LogP contribution is 2.37. The maximum Gasteiger partial charge on any atom is 0.414 e. The third-order valence-electron chi connectivity index (χ3n) is 4.08. The van der Waals surface area contributed by atoms with Crippen molar-refractivity contribution in [3.05, 3.63) is 29.8 Å². The van der Waals surface area contributed by atoms with Gasteiger partial charge in [-0.2, -0.15) is 0 Å². The molecule has 136 valence electrons. The molecule has 7 nitrogen and oxygen atoms in total. The minimum Gasteiger partial charge on any atom is -0.444 e. The van der Waals surface area contributed by atoms with Crippen LogP contribution >= 0.6 is 0 Å². The van der Waals surface area contributed by atoms with Crippen LogP contribution in [0.15, 0.2) is 29.3 Å². The maximum absolute atomic E-state index is 12.5. The molecule has 0 saturated heterocycles. The van der Waals surface area contributed by atoms with Gasteiger partial charge < -0.3 is 10.5 Å². The Bertz CT molecular complexity index is 709. The van der Waals surface area contributed by atoms with E-state index in [1.54, 1.807) is 33.9 Å². The molecular formula is C18H26N4O3. The van der Waals surface area contributed by atoms with Gasteiger partial charge in [0.25, 0.3) is 0 Å². The largest absolute Gasteiger partial charge is 0.444 e.